The van der Waals surface area contributed by atoms with E-state index in [1.807, 2.05) is 0 Å². The first-order chi connectivity index (χ1) is 9.81. The van der Waals surface area contributed by atoms with Crippen molar-refractivity contribution in [1.82, 2.24) is 0 Å². The summed E-state index contributed by atoms with van der Waals surface area (Å²) in [6, 6.07) is 15.8. The topological polar surface area (TPSA) is 0 Å². The molecule has 2 rings (SSSR count). The minimum atomic E-state index is -0.216. The van der Waals surface area contributed by atoms with Crippen LogP contribution in [-0.4, -0.2) is 10.3 Å². The fraction of sp³-hybridized carbons (Fsp3) is 0.500. The second-order valence-electron chi connectivity index (χ2n) is 7.20. The Morgan fingerprint density at radius 2 is 1.29 bits per heavy atom. The molecular weight excluding hydrogens is 271 g/mol. The van der Waals surface area contributed by atoms with Crippen molar-refractivity contribution in [1.29, 1.82) is 0 Å². The van der Waals surface area contributed by atoms with Gasteiger partial charge >= 0.3 is 0 Å². The standard InChI is InChI=1S/C20H29P/c1-7-19(3,4)21(20(5,6)8-2)18-14-13-16-11-9-10-12-17(16)15-18/h9-15H,7-8H2,1-6H3. The number of fused-ring (bicyclic) bond motifs is 1. The van der Waals surface area contributed by atoms with Crippen molar-refractivity contribution in [3.05, 3.63) is 42.5 Å². The van der Waals surface area contributed by atoms with E-state index in [1.54, 1.807) is 5.30 Å². The third-order valence-corrected chi connectivity index (χ3v) is 8.78. The number of benzene rings is 2. The lowest BCUT2D eigenvalue weighted by molar-refractivity contribution is 0.610. The highest BCUT2D eigenvalue weighted by molar-refractivity contribution is 7.68. The van der Waals surface area contributed by atoms with Crippen LogP contribution in [-0.2, 0) is 0 Å². The predicted molar refractivity (Wildman–Crippen MR) is 99.2 cm³/mol. The molecule has 2 aromatic carbocycles. The van der Waals surface area contributed by atoms with Crippen LogP contribution >= 0.6 is 7.92 Å². The summed E-state index contributed by atoms with van der Waals surface area (Å²) in [7, 11) is -0.216. The summed E-state index contributed by atoms with van der Waals surface area (Å²) in [4.78, 5) is 0. The molecule has 0 saturated carbocycles. The number of hydrogen-bond acceptors (Lipinski definition) is 0. The van der Waals surface area contributed by atoms with E-state index in [0.29, 0.717) is 10.3 Å². The van der Waals surface area contributed by atoms with E-state index in [9.17, 15) is 0 Å². The van der Waals surface area contributed by atoms with Crippen molar-refractivity contribution < 1.29 is 0 Å². The van der Waals surface area contributed by atoms with Gasteiger partial charge in [0.25, 0.3) is 0 Å². The van der Waals surface area contributed by atoms with Crippen molar-refractivity contribution in [2.45, 2.75) is 64.7 Å². The Hall–Kier alpha value is -0.870. The summed E-state index contributed by atoms with van der Waals surface area (Å²) in [5.74, 6) is 0. The molecule has 0 bridgehead atoms. The Morgan fingerprint density at radius 3 is 1.81 bits per heavy atom. The molecule has 0 nitrogen and oxygen atoms in total. The average molecular weight is 300 g/mol. The molecule has 0 atom stereocenters. The van der Waals surface area contributed by atoms with Crippen LogP contribution in [0.4, 0.5) is 0 Å². The zero-order chi connectivity index (χ0) is 15.7. The van der Waals surface area contributed by atoms with Gasteiger partial charge in [0.1, 0.15) is 0 Å². The van der Waals surface area contributed by atoms with Crippen LogP contribution < -0.4 is 5.30 Å². The van der Waals surface area contributed by atoms with Gasteiger partial charge in [-0.3, -0.25) is 0 Å². The van der Waals surface area contributed by atoms with Gasteiger partial charge in [0.05, 0.1) is 0 Å². The van der Waals surface area contributed by atoms with E-state index >= 15 is 0 Å². The van der Waals surface area contributed by atoms with Crippen LogP contribution in [0.15, 0.2) is 42.5 Å². The second-order valence-corrected chi connectivity index (χ2v) is 10.8. The average Bonchev–Trinajstić information content (AvgIpc) is 2.46. The molecule has 0 aromatic heterocycles. The summed E-state index contributed by atoms with van der Waals surface area (Å²) >= 11 is 0. The minimum Gasteiger partial charge on any atom is -0.0645 e. The molecule has 2 aromatic rings. The van der Waals surface area contributed by atoms with Crippen LogP contribution in [0.1, 0.15) is 54.4 Å². The molecule has 0 heterocycles. The Labute approximate surface area is 131 Å². The summed E-state index contributed by atoms with van der Waals surface area (Å²) in [5.41, 5.74) is 0. The van der Waals surface area contributed by atoms with Crippen molar-refractivity contribution in [2.24, 2.45) is 0 Å². The van der Waals surface area contributed by atoms with Crippen LogP contribution in [0.5, 0.6) is 0 Å². The molecule has 1 heteroatoms. The Morgan fingerprint density at radius 1 is 0.762 bits per heavy atom. The van der Waals surface area contributed by atoms with Crippen molar-refractivity contribution >= 4 is 24.0 Å². The van der Waals surface area contributed by atoms with Crippen molar-refractivity contribution in [3.63, 3.8) is 0 Å². The van der Waals surface area contributed by atoms with Gasteiger partial charge in [0.2, 0.25) is 0 Å². The van der Waals surface area contributed by atoms with Crippen LogP contribution in [0.25, 0.3) is 10.8 Å². The third-order valence-electron chi connectivity index (χ3n) is 4.93. The molecule has 0 fully saturated rings. The molecule has 0 aliphatic rings. The van der Waals surface area contributed by atoms with Gasteiger partial charge in [-0.05, 0) is 45.3 Å². The zero-order valence-electron chi connectivity index (χ0n) is 14.4. The lowest BCUT2D eigenvalue weighted by atomic mass is 10.1. The van der Waals surface area contributed by atoms with Gasteiger partial charge in [0, 0.05) is 0 Å². The summed E-state index contributed by atoms with van der Waals surface area (Å²) < 4.78 is 0. The summed E-state index contributed by atoms with van der Waals surface area (Å²) in [6.45, 7) is 14.5. The quantitative estimate of drug-likeness (QED) is 0.566. The first-order valence-electron chi connectivity index (χ1n) is 8.11. The zero-order valence-corrected chi connectivity index (χ0v) is 15.3. The first kappa shape index (κ1) is 16.5. The smallest absolute Gasteiger partial charge is 0.0109 e. The SMILES string of the molecule is CCC(C)(C)P(c1ccc2ccccc2c1)C(C)(C)CC. The van der Waals surface area contributed by atoms with E-state index in [1.165, 1.54) is 23.6 Å². The molecule has 0 aliphatic heterocycles. The molecule has 21 heavy (non-hydrogen) atoms. The van der Waals surface area contributed by atoms with E-state index in [2.05, 4.69) is 84.0 Å². The highest BCUT2D eigenvalue weighted by atomic mass is 31.1. The lowest BCUT2D eigenvalue weighted by Crippen LogP contribution is -2.34. The lowest BCUT2D eigenvalue weighted by Gasteiger charge is -2.45. The predicted octanol–water partition coefficient (Wildman–Crippen LogP) is 6.32. The maximum absolute atomic E-state index is 2.45. The maximum Gasteiger partial charge on any atom is -0.0109 e. The first-order valence-corrected chi connectivity index (χ1v) is 9.45. The van der Waals surface area contributed by atoms with Crippen LogP contribution in [0.3, 0.4) is 0 Å². The molecule has 0 unspecified atom stereocenters. The second kappa shape index (κ2) is 6.09. The maximum atomic E-state index is 2.45. The van der Waals surface area contributed by atoms with E-state index in [0.717, 1.165) is 0 Å². The van der Waals surface area contributed by atoms with Gasteiger partial charge in [-0.2, -0.15) is 0 Å². The van der Waals surface area contributed by atoms with Crippen molar-refractivity contribution in [3.8, 4) is 0 Å². The largest absolute Gasteiger partial charge is 0.0645 e. The Balaban J connectivity index is 2.58. The monoisotopic (exact) mass is 300 g/mol. The normalized spacial score (nSPS) is 13.1. The molecular formula is C20H29P. The van der Waals surface area contributed by atoms with Crippen molar-refractivity contribution in [2.75, 3.05) is 0 Å². The Bertz CT molecular complexity index is 594. The molecule has 0 amide bonds. The van der Waals surface area contributed by atoms with E-state index in [-0.39, 0.29) is 7.92 Å². The summed E-state index contributed by atoms with van der Waals surface area (Å²) in [5, 5.41) is 5.03. The molecule has 0 radical (unpaired) electrons. The van der Waals surface area contributed by atoms with Crippen LogP contribution in [0.2, 0.25) is 0 Å². The molecule has 0 spiro atoms. The van der Waals surface area contributed by atoms with E-state index in [4.69, 9.17) is 0 Å². The van der Waals surface area contributed by atoms with Gasteiger partial charge in [0.15, 0.2) is 0 Å². The highest BCUT2D eigenvalue weighted by Crippen LogP contribution is 2.61. The molecule has 0 aliphatic carbocycles. The molecule has 0 N–H and O–H groups in total. The summed E-state index contributed by atoms with van der Waals surface area (Å²) in [6.07, 6.45) is 2.46. The minimum absolute atomic E-state index is 0.216. The van der Waals surface area contributed by atoms with Gasteiger partial charge in [-0.25, -0.2) is 0 Å². The van der Waals surface area contributed by atoms with E-state index < -0.39 is 0 Å². The molecule has 114 valence electrons. The van der Waals surface area contributed by atoms with Crippen LogP contribution in [0, 0.1) is 0 Å². The van der Waals surface area contributed by atoms with Gasteiger partial charge in [-0.15, -0.1) is 0 Å². The highest BCUT2D eigenvalue weighted by Gasteiger charge is 2.39. The fourth-order valence-corrected chi connectivity index (χ4v) is 7.31. The number of hydrogen-bond donors (Lipinski definition) is 0. The number of rotatable bonds is 5. The van der Waals surface area contributed by atoms with Gasteiger partial charge in [-0.1, -0.05) is 85.9 Å². The molecule has 0 saturated heterocycles. The van der Waals surface area contributed by atoms with Gasteiger partial charge < -0.3 is 0 Å². The Kier molecular flexibility index (Phi) is 4.79. The third kappa shape index (κ3) is 3.32. The fourth-order valence-electron chi connectivity index (χ4n) is 3.15.